The maximum Gasteiger partial charge on any atom is 0.236 e. The van der Waals surface area contributed by atoms with Gasteiger partial charge in [-0.25, -0.2) is 0 Å². The van der Waals surface area contributed by atoms with Crippen molar-refractivity contribution in [1.29, 1.82) is 0 Å². The first-order chi connectivity index (χ1) is 13.2. The second-order valence-corrected chi connectivity index (χ2v) is 7.08. The first-order valence-corrected chi connectivity index (χ1v) is 9.44. The molecule has 6 nitrogen and oxygen atoms in total. The quantitative estimate of drug-likeness (QED) is 0.854. The third kappa shape index (κ3) is 4.28. The van der Waals surface area contributed by atoms with Gasteiger partial charge in [0.1, 0.15) is 0 Å². The lowest BCUT2D eigenvalue weighted by Gasteiger charge is -2.36. The summed E-state index contributed by atoms with van der Waals surface area (Å²) in [7, 11) is 0. The van der Waals surface area contributed by atoms with Gasteiger partial charge in [-0.05, 0) is 35.9 Å². The number of halogens is 1. The summed E-state index contributed by atoms with van der Waals surface area (Å²) in [6.07, 6.45) is 0. The van der Waals surface area contributed by atoms with Gasteiger partial charge < -0.3 is 24.6 Å². The lowest BCUT2D eigenvalue weighted by molar-refractivity contribution is -0.130. The zero-order chi connectivity index (χ0) is 18.6. The van der Waals surface area contributed by atoms with Crippen molar-refractivity contribution < 1.29 is 14.3 Å². The topological polar surface area (TPSA) is 54.0 Å². The minimum Gasteiger partial charge on any atom is -0.454 e. The standard InChI is InChI=1S/C20H22ClN3O3/c21-16-2-1-3-17(11-16)23-6-8-24(9-7-23)20(25)13-22-12-15-4-5-18-19(10-15)27-14-26-18/h1-5,10-11,22H,6-9,12-14H2. The average molecular weight is 388 g/mol. The molecule has 0 aliphatic carbocycles. The van der Waals surface area contributed by atoms with Gasteiger partial charge in [0.25, 0.3) is 0 Å². The first kappa shape index (κ1) is 17.9. The van der Waals surface area contributed by atoms with Gasteiger partial charge in [-0.2, -0.15) is 0 Å². The number of hydrogen-bond donors (Lipinski definition) is 1. The molecule has 1 N–H and O–H groups in total. The Hall–Kier alpha value is -2.44. The van der Waals surface area contributed by atoms with Gasteiger partial charge in [-0.15, -0.1) is 0 Å². The average Bonchev–Trinajstić information content (AvgIpc) is 3.16. The van der Waals surface area contributed by atoms with E-state index in [9.17, 15) is 4.79 Å². The lowest BCUT2D eigenvalue weighted by atomic mass is 10.2. The van der Waals surface area contributed by atoms with Crippen LogP contribution in [-0.4, -0.2) is 50.3 Å². The van der Waals surface area contributed by atoms with Crippen molar-refractivity contribution in [2.45, 2.75) is 6.54 Å². The molecule has 0 aromatic heterocycles. The number of carbonyl (C=O) groups excluding carboxylic acids is 1. The molecular formula is C20H22ClN3O3. The lowest BCUT2D eigenvalue weighted by Crippen LogP contribution is -2.50. The van der Waals surface area contributed by atoms with E-state index < -0.39 is 0 Å². The van der Waals surface area contributed by atoms with Gasteiger partial charge in [0.2, 0.25) is 12.7 Å². The van der Waals surface area contributed by atoms with Crippen LogP contribution in [0.1, 0.15) is 5.56 Å². The molecule has 1 amide bonds. The van der Waals surface area contributed by atoms with Gasteiger partial charge in [-0.3, -0.25) is 4.79 Å². The van der Waals surface area contributed by atoms with E-state index in [4.69, 9.17) is 21.1 Å². The molecule has 0 spiro atoms. The maximum absolute atomic E-state index is 12.5. The van der Waals surface area contributed by atoms with E-state index >= 15 is 0 Å². The van der Waals surface area contributed by atoms with Gasteiger partial charge >= 0.3 is 0 Å². The monoisotopic (exact) mass is 387 g/mol. The fourth-order valence-corrected chi connectivity index (χ4v) is 3.55. The van der Waals surface area contributed by atoms with Crippen LogP contribution in [0.2, 0.25) is 5.02 Å². The number of carbonyl (C=O) groups is 1. The van der Waals surface area contributed by atoms with E-state index in [0.29, 0.717) is 13.1 Å². The molecule has 2 aliphatic heterocycles. The zero-order valence-electron chi connectivity index (χ0n) is 15.0. The predicted molar refractivity (Wildman–Crippen MR) is 105 cm³/mol. The van der Waals surface area contributed by atoms with Crippen LogP contribution in [-0.2, 0) is 11.3 Å². The summed E-state index contributed by atoms with van der Waals surface area (Å²) < 4.78 is 10.7. The highest BCUT2D eigenvalue weighted by molar-refractivity contribution is 6.30. The first-order valence-electron chi connectivity index (χ1n) is 9.06. The highest BCUT2D eigenvalue weighted by atomic mass is 35.5. The van der Waals surface area contributed by atoms with Crippen LogP contribution < -0.4 is 19.7 Å². The summed E-state index contributed by atoms with van der Waals surface area (Å²) in [6, 6.07) is 13.7. The third-order valence-corrected chi connectivity index (χ3v) is 5.08. The highest BCUT2D eigenvalue weighted by Gasteiger charge is 2.21. The molecule has 27 heavy (non-hydrogen) atoms. The fraction of sp³-hybridized carbons (Fsp3) is 0.350. The fourth-order valence-electron chi connectivity index (χ4n) is 3.36. The van der Waals surface area contributed by atoms with Crippen molar-refractivity contribution in [3.05, 3.63) is 53.1 Å². The van der Waals surface area contributed by atoms with Gasteiger partial charge in [-0.1, -0.05) is 23.7 Å². The number of nitrogens with one attached hydrogen (secondary N) is 1. The molecule has 4 rings (SSSR count). The number of nitrogens with zero attached hydrogens (tertiary/aromatic N) is 2. The maximum atomic E-state index is 12.5. The van der Waals surface area contributed by atoms with Crippen LogP contribution in [0.5, 0.6) is 11.5 Å². The second kappa shape index (κ2) is 8.06. The molecular weight excluding hydrogens is 366 g/mol. The van der Waals surface area contributed by atoms with Gasteiger partial charge in [0.05, 0.1) is 6.54 Å². The van der Waals surface area contributed by atoms with Crippen molar-refractivity contribution in [3.8, 4) is 11.5 Å². The molecule has 0 saturated carbocycles. The van der Waals surface area contributed by atoms with Crippen molar-refractivity contribution in [2.24, 2.45) is 0 Å². The molecule has 2 aromatic rings. The molecule has 2 aliphatic rings. The molecule has 2 aromatic carbocycles. The summed E-state index contributed by atoms with van der Waals surface area (Å²) >= 11 is 6.07. The number of fused-ring (bicyclic) bond motifs is 1. The summed E-state index contributed by atoms with van der Waals surface area (Å²) in [4.78, 5) is 16.6. The van der Waals surface area contributed by atoms with Crippen LogP contribution in [0, 0.1) is 0 Å². The normalized spacial score (nSPS) is 15.9. The van der Waals surface area contributed by atoms with E-state index in [0.717, 1.165) is 54.0 Å². The van der Waals surface area contributed by atoms with Crippen LogP contribution in [0.3, 0.4) is 0 Å². The second-order valence-electron chi connectivity index (χ2n) is 6.64. The van der Waals surface area contributed by atoms with E-state index in [1.165, 1.54) is 0 Å². The summed E-state index contributed by atoms with van der Waals surface area (Å²) in [5, 5.41) is 3.96. The summed E-state index contributed by atoms with van der Waals surface area (Å²) in [5.41, 5.74) is 2.17. The smallest absolute Gasteiger partial charge is 0.236 e. The van der Waals surface area contributed by atoms with E-state index in [-0.39, 0.29) is 12.7 Å². The molecule has 7 heteroatoms. The number of benzene rings is 2. The Morgan fingerprint density at radius 3 is 2.67 bits per heavy atom. The molecule has 1 fully saturated rings. The van der Waals surface area contributed by atoms with Crippen molar-refractivity contribution in [1.82, 2.24) is 10.2 Å². The molecule has 0 radical (unpaired) electrons. The van der Waals surface area contributed by atoms with Crippen LogP contribution >= 0.6 is 11.6 Å². The highest BCUT2D eigenvalue weighted by Crippen LogP contribution is 2.32. The minimum absolute atomic E-state index is 0.126. The number of hydrogen-bond acceptors (Lipinski definition) is 5. The Balaban J connectivity index is 1.23. The van der Waals surface area contributed by atoms with Gasteiger partial charge in [0.15, 0.2) is 11.5 Å². The Kier molecular flexibility index (Phi) is 5.36. The number of rotatable bonds is 5. The summed E-state index contributed by atoms with van der Waals surface area (Å²) in [5.74, 6) is 1.66. The van der Waals surface area contributed by atoms with E-state index in [1.807, 2.05) is 41.3 Å². The molecule has 0 bridgehead atoms. The number of anilines is 1. The Bertz CT molecular complexity index is 822. The van der Waals surface area contributed by atoms with Crippen molar-refractivity contribution in [2.75, 3.05) is 44.4 Å². The third-order valence-electron chi connectivity index (χ3n) is 4.85. The number of amides is 1. The predicted octanol–water partition coefficient (Wildman–Crippen LogP) is 2.51. The molecule has 0 unspecified atom stereocenters. The van der Waals surface area contributed by atoms with Crippen LogP contribution in [0.15, 0.2) is 42.5 Å². The zero-order valence-corrected chi connectivity index (χ0v) is 15.7. The minimum atomic E-state index is 0.126. The van der Waals surface area contributed by atoms with Crippen molar-refractivity contribution in [3.63, 3.8) is 0 Å². The van der Waals surface area contributed by atoms with E-state index in [1.54, 1.807) is 0 Å². The Morgan fingerprint density at radius 2 is 1.85 bits per heavy atom. The number of ether oxygens (including phenoxy) is 2. The Labute approximate surface area is 163 Å². The van der Waals surface area contributed by atoms with Crippen molar-refractivity contribution >= 4 is 23.2 Å². The largest absolute Gasteiger partial charge is 0.454 e. The van der Waals surface area contributed by atoms with E-state index in [2.05, 4.69) is 16.3 Å². The molecule has 0 atom stereocenters. The summed E-state index contributed by atoms with van der Waals surface area (Å²) in [6.45, 7) is 4.28. The van der Waals surface area contributed by atoms with Crippen LogP contribution in [0.25, 0.3) is 0 Å². The van der Waals surface area contributed by atoms with Gasteiger partial charge in [0, 0.05) is 43.4 Å². The SMILES string of the molecule is O=C(CNCc1ccc2c(c1)OCO2)N1CCN(c2cccc(Cl)c2)CC1. The molecule has 1 saturated heterocycles. The van der Waals surface area contributed by atoms with Crippen LogP contribution in [0.4, 0.5) is 5.69 Å². The Morgan fingerprint density at radius 1 is 1.04 bits per heavy atom. The number of piperazine rings is 1. The molecule has 2 heterocycles. The molecule has 142 valence electrons.